The predicted molar refractivity (Wildman–Crippen MR) is 85.2 cm³/mol. The monoisotopic (exact) mass is 299 g/mol. The average molecular weight is 299 g/mol. The highest BCUT2D eigenvalue weighted by molar-refractivity contribution is 5.37. The highest BCUT2D eigenvalue weighted by Gasteiger charge is 2.29. The van der Waals surface area contributed by atoms with Crippen LogP contribution in [0.2, 0.25) is 0 Å². The molecule has 0 unspecified atom stereocenters. The lowest BCUT2D eigenvalue weighted by Gasteiger charge is -2.30. The van der Waals surface area contributed by atoms with Crippen molar-refractivity contribution in [2.75, 3.05) is 19.0 Å². The number of aliphatic hydroxyl groups is 1. The van der Waals surface area contributed by atoms with Gasteiger partial charge in [0.05, 0.1) is 13.2 Å². The van der Waals surface area contributed by atoms with Gasteiger partial charge in [-0.15, -0.1) is 0 Å². The summed E-state index contributed by atoms with van der Waals surface area (Å²) in [7, 11) is 1.67. The van der Waals surface area contributed by atoms with E-state index in [1.54, 1.807) is 13.4 Å². The SMILES string of the molecule is COc1ccc(CCNc2cc(C3CC(O)C3)ncn2)cc1. The van der Waals surface area contributed by atoms with Crippen LogP contribution in [0.25, 0.3) is 0 Å². The third-order valence-corrected chi connectivity index (χ3v) is 4.10. The van der Waals surface area contributed by atoms with E-state index in [0.717, 1.165) is 43.1 Å². The Labute approximate surface area is 130 Å². The number of nitrogens with one attached hydrogen (secondary N) is 1. The molecular weight excluding hydrogens is 278 g/mol. The molecule has 0 spiro atoms. The molecule has 1 aliphatic carbocycles. The van der Waals surface area contributed by atoms with Crippen molar-refractivity contribution in [2.24, 2.45) is 0 Å². The fourth-order valence-corrected chi connectivity index (χ4v) is 2.65. The Morgan fingerprint density at radius 3 is 2.68 bits per heavy atom. The summed E-state index contributed by atoms with van der Waals surface area (Å²) in [4.78, 5) is 8.56. The van der Waals surface area contributed by atoms with Crippen LogP contribution in [0.1, 0.15) is 30.0 Å². The molecular formula is C17H21N3O2. The number of nitrogens with zero attached hydrogens (tertiary/aromatic N) is 2. The molecule has 5 heteroatoms. The largest absolute Gasteiger partial charge is 0.497 e. The summed E-state index contributed by atoms with van der Waals surface area (Å²) in [6.45, 7) is 0.816. The van der Waals surface area contributed by atoms with Crippen molar-refractivity contribution in [1.29, 1.82) is 0 Å². The summed E-state index contributed by atoms with van der Waals surface area (Å²) in [5.74, 6) is 2.10. The van der Waals surface area contributed by atoms with Crippen molar-refractivity contribution in [3.05, 3.63) is 47.9 Å². The highest BCUT2D eigenvalue weighted by Crippen LogP contribution is 2.35. The topological polar surface area (TPSA) is 67.3 Å². The van der Waals surface area contributed by atoms with Gasteiger partial charge in [-0.2, -0.15) is 0 Å². The average Bonchev–Trinajstić information content (AvgIpc) is 2.53. The number of hydrogen-bond acceptors (Lipinski definition) is 5. The number of anilines is 1. The van der Waals surface area contributed by atoms with Crippen LogP contribution >= 0.6 is 0 Å². The molecule has 2 N–H and O–H groups in total. The van der Waals surface area contributed by atoms with Crippen molar-refractivity contribution in [3.8, 4) is 5.75 Å². The molecule has 1 aliphatic rings. The maximum Gasteiger partial charge on any atom is 0.129 e. The van der Waals surface area contributed by atoms with Crippen LogP contribution in [0.3, 0.4) is 0 Å². The molecule has 0 atom stereocenters. The van der Waals surface area contributed by atoms with Crippen molar-refractivity contribution < 1.29 is 9.84 Å². The van der Waals surface area contributed by atoms with Gasteiger partial charge in [0.2, 0.25) is 0 Å². The van der Waals surface area contributed by atoms with E-state index in [1.165, 1.54) is 5.56 Å². The van der Waals surface area contributed by atoms with Crippen LogP contribution in [0.15, 0.2) is 36.7 Å². The molecule has 1 saturated carbocycles. The summed E-state index contributed by atoms with van der Waals surface area (Å²) < 4.78 is 5.15. The van der Waals surface area contributed by atoms with Gasteiger partial charge in [0.1, 0.15) is 17.9 Å². The lowest BCUT2D eigenvalue weighted by Crippen LogP contribution is -2.27. The van der Waals surface area contributed by atoms with Crippen LogP contribution in [0.4, 0.5) is 5.82 Å². The molecule has 22 heavy (non-hydrogen) atoms. The number of benzene rings is 1. The molecule has 0 radical (unpaired) electrons. The van der Waals surface area contributed by atoms with Gasteiger partial charge in [0.25, 0.3) is 0 Å². The van der Waals surface area contributed by atoms with Crippen molar-refractivity contribution in [2.45, 2.75) is 31.3 Å². The Kier molecular flexibility index (Phi) is 4.53. The first-order chi connectivity index (χ1) is 10.7. The van der Waals surface area contributed by atoms with Gasteiger partial charge < -0.3 is 15.2 Å². The molecule has 0 bridgehead atoms. The van der Waals surface area contributed by atoms with E-state index in [9.17, 15) is 5.11 Å². The van der Waals surface area contributed by atoms with Crippen molar-refractivity contribution in [3.63, 3.8) is 0 Å². The maximum absolute atomic E-state index is 9.39. The second-order valence-corrected chi connectivity index (χ2v) is 5.68. The van der Waals surface area contributed by atoms with Gasteiger partial charge in [0.15, 0.2) is 0 Å². The van der Waals surface area contributed by atoms with E-state index in [1.807, 2.05) is 18.2 Å². The summed E-state index contributed by atoms with van der Waals surface area (Å²) in [5, 5.41) is 12.7. The number of ether oxygens (including phenoxy) is 1. The quantitative estimate of drug-likeness (QED) is 0.857. The van der Waals surface area contributed by atoms with E-state index < -0.39 is 0 Å². The molecule has 2 aromatic rings. The molecule has 1 aromatic heterocycles. The Balaban J connectivity index is 1.51. The zero-order valence-electron chi connectivity index (χ0n) is 12.7. The second kappa shape index (κ2) is 6.75. The van der Waals surface area contributed by atoms with E-state index in [4.69, 9.17) is 4.74 Å². The molecule has 5 nitrogen and oxygen atoms in total. The zero-order chi connectivity index (χ0) is 15.4. The molecule has 0 amide bonds. The van der Waals surface area contributed by atoms with Crippen LogP contribution in [0.5, 0.6) is 5.75 Å². The first-order valence-corrected chi connectivity index (χ1v) is 7.61. The van der Waals surface area contributed by atoms with E-state index in [-0.39, 0.29) is 6.10 Å². The van der Waals surface area contributed by atoms with Gasteiger partial charge in [-0.3, -0.25) is 0 Å². The fraction of sp³-hybridized carbons (Fsp3) is 0.412. The minimum atomic E-state index is -0.161. The zero-order valence-corrected chi connectivity index (χ0v) is 12.7. The Morgan fingerprint density at radius 2 is 2.00 bits per heavy atom. The van der Waals surface area contributed by atoms with Crippen LogP contribution in [-0.4, -0.2) is 34.8 Å². The number of methoxy groups -OCH3 is 1. The Bertz CT molecular complexity index is 610. The smallest absolute Gasteiger partial charge is 0.129 e. The summed E-state index contributed by atoms with van der Waals surface area (Å²) in [6.07, 6.45) is 3.97. The first kappa shape index (κ1) is 14.8. The summed E-state index contributed by atoms with van der Waals surface area (Å²) in [5.41, 5.74) is 2.27. The third-order valence-electron chi connectivity index (χ3n) is 4.10. The molecule has 3 rings (SSSR count). The molecule has 0 aliphatic heterocycles. The standard InChI is InChI=1S/C17H21N3O2/c1-22-15-4-2-12(3-5-15)6-7-18-17-10-16(19-11-20-17)13-8-14(21)9-13/h2-5,10-11,13-14,21H,6-9H2,1H3,(H,18,19,20). The van der Waals surface area contributed by atoms with Crippen LogP contribution in [-0.2, 0) is 6.42 Å². The molecule has 1 heterocycles. The lowest BCUT2D eigenvalue weighted by atomic mass is 9.80. The van der Waals surface area contributed by atoms with Gasteiger partial charge in [0, 0.05) is 24.2 Å². The number of rotatable bonds is 6. The summed E-state index contributed by atoms with van der Waals surface area (Å²) in [6, 6.07) is 10.1. The number of aromatic nitrogens is 2. The first-order valence-electron chi connectivity index (χ1n) is 7.61. The van der Waals surface area contributed by atoms with E-state index in [0.29, 0.717) is 5.92 Å². The minimum Gasteiger partial charge on any atom is -0.497 e. The molecule has 0 saturated heterocycles. The second-order valence-electron chi connectivity index (χ2n) is 5.68. The van der Waals surface area contributed by atoms with Gasteiger partial charge in [-0.25, -0.2) is 9.97 Å². The van der Waals surface area contributed by atoms with Crippen LogP contribution < -0.4 is 10.1 Å². The van der Waals surface area contributed by atoms with E-state index >= 15 is 0 Å². The Hall–Kier alpha value is -2.14. The lowest BCUT2D eigenvalue weighted by molar-refractivity contribution is 0.0732. The third kappa shape index (κ3) is 3.54. The molecule has 1 aromatic carbocycles. The number of hydrogen-bond donors (Lipinski definition) is 2. The van der Waals surface area contributed by atoms with Crippen LogP contribution in [0, 0.1) is 0 Å². The molecule has 1 fully saturated rings. The van der Waals surface area contributed by atoms with E-state index in [2.05, 4.69) is 27.4 Å². The van der Waals surface area contributed by atoms with Gasteiger partial charge in [-0.05, 0) is 37.0 Å². The highest BCUT2D eigenvalue weighted by atomic mass is 16.5. The number of aliphatic hydroxyl groups excluding tert-OH is 1. The van der Waals surface area contributed by atoms with Crippen molar-refractivity contribution >= 4 is 5.82 Å². The fourth-order valence-electron chi connectivity index (χ4n) is 2.65. The molecule has 116 valence electrons. The minimum absolute atomic E-state index is 0.161. The Morgan fingerprint density at radius 1 is 1.23 bits per heavy atom. The normalized spacial score (nSPS) is 20.3. The van der Waals surface area contributed by atoms with Gasteiger partial charge in [-0.1, -0.05) is 12.1 Å². The predicted octanol–water partition coefficient (Wildman–Crippen LogP) is 2.38. The van der Waals surface area contributed by atoms with Gasteiger partial charge >= 0.3 is 0 Å². The summed E-state index contributed by atoms with van der Waals surface area (Å²) >= 11 is 0. The maximum atomic E-state index is 9.39. The van der Waals surface area contributed by atoms with Crippen molar-refractivity contribution in [1.82, 2.24) is 9.97 Å².